The summed E-state index contributed by atoms with van der Waals surface area (Å²) in [7, 11) is 0. The van der Waals surface area contributed by atoms with E-state index in [1.807, 2.05) is 18.2 Å². The molecule has 7 heteroatoms. The summed E-state index contributed by atoms with van der Waals surface area (Å²) in [4.78, 5) is 25.9. The van der Waals surface area contributed by atoms with E-state index in [1.165, 1.54) is 11.3 Å². The maximum Gasteiger partial charge on any atom is 0.312 e. The topological polar surface area (TPSA) is 79.3 Å². The fourth-order valence-electron chi connectivity index (χ4n) is 1.42. The Balaban J connectivity index is 2.14. The number of benzene rings is 1. The van der Waals surface area contributed by atoms with E-state index >= 15 is 0 Å². The maximum atomic E-state index is 11.3. The van der Waals surface area contributed by atoms with E-state index in [0.717, 1.165) is 5.56 Å². The largest absolute Gasteiger partial charge is 0.481 e. The molecule has 0 aliphatic rings. The van der Waals surface area contributed by atoms with Crippen molar-refractivity contribution in [1.29, 1.82) is 0 Å². The lowest BCUT2D eigenvalue weighted by atomic mass is 10.2. The van der Waals surface area contributed by atoms with Crippen LogP contribution in [0.1, 0.15) is 6.42 Å². The van der Waals surface area contributed by atoms with Gasteiger partial charge in [-0.2, -0.15) is 0 Å². The minimum Gasteiger partial charge on any atom is -0.481 e. The Morgan fingerprint density at radius 1 is 1.37 bits per heavy atom. The third-order valence-corrected chi connectivity index (χ3v) is 3.30. The normalized spacial score (nSPS) is 10.2. The molecule has 0 bridgehead atoms. The van der Waals surface area contributed by atoms with Crippen molar-refractivity contribution in [3.63, 3.8) is 0 Å². The second-order valence-corrected chi connectivity index (χ2v) is 4.90. The Morgan fingerprint density at radius 3 is 2.79 bits per heavy atom. The summed E-state index contributed by atoms with van der Waals surface area (Å²) in [6.45, 7) is 0. The van der Waals surface area contributed by atoms with Gasteiger partial charge < -0.3 is 10.4 Å². The first kappa shape index (κ1) is 13.5. The molecule has 0 unspecified atom stereocenters. The summed E-state index contributed by atoms with van der Waals surface area (Å²) in [6.07, 6.45) is -0.582. The number of anilines is 1. The van der Waals surface area contributed by atoms with Crippen LogP contribution in [-0.4, -0.2) is 22.0 Å². The van der Waals surface area contributed by atoms with Crippen LogP contribution < -0.4 is 5.32 Å². The molecule has 0 saturated carbocycles. The molecule has 0 aliphatic carbocycles. The molecule has 1 heterocycles. The quantitative estimate of drug-likeness (QED) is 0.850. The third-order valence-electron chi connectivity index (χ3n) is 2.21. The summed E-state index contributed by atoms with van der Waals surface area (Å²) in [5.74, 6) is -1.78. The van der Waals surface area contributed by atoms with Crippen LogP contribution in [0.3, 0.4) is 0 Å². The Kier molecular flexibility index (Phi) is 4.13. The van der Waals surface area contributed by atoms with Crippen LogP contribution in [0.25, 0.3) is 11.3 Å². The molecule has 2 rings (SSSR count). The van der Waals surface area contributed by atoms with Gasteiger partial charge in [0.15, 0.2) is 5.13 Å². The molecule has 2 N–H and O–H groups in total. The fraction of sp³-hybridized carbons (Fsp3) is 0.0833. The predicted octanol–water partition coefficient (Wildman–Crippen LogP) is 2.88. The van der Waals surface area contributed by atoms with Gasteiger partial charge in [0.05, 0.1) is 5.69 Å². The average molecular weight is 297 g/mol. The van der Waals surface area contributed by atoms with Gasteiger partial charge >= 0.3 is 5.97 Å². The van der Waals surface area contributed by atoms with Gasteiger partial charge in [-0.05, 0) is 6.07 Å². The number of nitrogens with zero attached hydrogens (tertiary/aromatic N) is 1. The first-order valence-corrected chi connectivity index (χ1v) is 6.54. The van der Waals surface area contributed by atoms with Crippen LogP contribution in [0.4, 0.5) is 5.13 Å². The summed E-state index contributed by atoms with van der Waals surface area (Å²) in [5, 5.41) is 13.6. The van der Waals surface area contributed by atoms with Gasteiger partial charge in [-0.3, -0.25) is 9.59 Å². The smallest absolute Gasteiger partial charge is 0.312 e. The Labute approximate surface area is 117 Å². The Hall–Kier alpha value is -1.92. The molecule has 0 radical (unpaired) electrons. The third kappa shape index (κ3) is 3.52. The minimum absolute atomic E-state index is 0.348. The standard InChI is InChI=1S/C12H9ClN2O3S/c13-8-4-2-1-3-7(8)9-6-19-12(14-9)15-10(16)5-11(17)18/h1-4,6H,5H2,(H,17,18)(H,14,15,16). The number of amides is 1. The van der Waals surface area contributed by atoms with E-state index < -0.39 is 18.3 Å². The van der Waals surface area contributed by atoms with Gasteiger partial charge in [0, 0.05) is 16.0 Å². The van der Waals surface area contributed by atoms with E-state index in [2.05, 4.69) is 10.3 Å². The molecular weight excluding hydrogens is 288 g/mol. The van der Waals surface area contributed by atoms with Gasteiger partial charge in [0.25, 0.3) is 0 Å². The molecule has 0 aliphatic heterocycles. The number of nitrogens with one attached hydrogen (secondary N) is 1. The first-order valence-electron chi connectivity index (χ1n) is 5.28. The van der Waals surface area contributed by atoms with Crippen molar-refractivity contribution in [3.8, 4) is 11.3 Å². The summed E-state index contributed by atoms with van der Waals surface area (Å²) in [6, 6.07) is 7.22. The van der Waals surface area contributed by atoms with Crippen molar-refractivity contribution in [2.75, 3.05) is 5.32 Å². The zero-order valence-corrected chi connectivity index (χ0v) is 11.2. The van der Waals surface area contributed by atoms with Crippen LogP contribution in [0.5, 0.6) is 0 Å². The number of rotatable bonds is 4. The molecule has 2 aromatic rings. The minimum atomic E-state index is -1.18. The maximum absolute atomic E-state index is 11.3. The van der Waals surface area contributed by atoms with Crippen molar-refractivity contribution in [3.05, 3.63) is 34.7 Å². The number of carbonyl (C=O) groups is 2. The number of hydrogen-bond donors (Lipinski definition) is 2. The molecule has 0 spiro atoms. The molecular formula is C12H9ClN2O3S. The van der Waals surface area contributed by atoms with E-state index in [0.29, 0.717) is 15.8 Å². The van der Waals surface area contributed by atoms with E-state index in [4.69, 9.17) is 16.7 Å². The van der Waals surface area contributed by atoms with E-state index in [-0.39, 0.29) is 0 Å². The zero-order chi connectivity index (χ0) is 13.8. The molecule has 5 nitrogen and oxygen atoms in total. The summed E-state index contributed by atoms with van der Waals surface area (Å²) in [5.41, 5.74) is 1.40. The number of carboxylic acids is 1. The Morgan fingerprint density at radius 2 is 2.11 bits per heavy atom. The number of thiazole rings is 1. The van der Waals surface area contributed by atoms with Gasteiger partial charge in [-0.15, -0.1) is 11.3 Å². The van der Waals surface area contributed by atoms with Crippen molar-refractivity contribution in [1.82, 2.24) is 4.98 Å². The van der Waals surface area contributed by atoms with Crippen LogP contribution >= 0.6 is 22.9 Å². The summed E-state index contributed by atoms with van der Waals surface area (Å²) >= 11 is 7.26. The fourth-order valence-corrected chi connectivity index (χ4v) is 2.38. The van der Waals surface area contributed by atoms with Crippen molar-refractivity contribution < 1.29 is 14.7 Å². The second kappa shape index (κ2) is 5.81. The molecule has 0 saturated heterocycles. The van der Waals surface area contributed by atoms with Crippen molar-refractivity contribution in [2.45, 2.75) is 6.42 Å². The monoisotopic (exact) mass is 296 g/mol. The molecule has 0 atom stereocenters. The highest BCUT2D eigenvalue weighted by molar-refractivity contribution is 7.14. The summed E-state index contributed by atoms with van der Waals surface area (Å²) < 4.78 is 0. The first-order chi connectivity index (χ1) is 9.06. The SMILES string of the molecule is O=C(O)CC(=O)Nc1nc(-c2ccccc2Cl)cs1. The lowest BCUT2D eigenvalue weighted by Crippen LogP contribution is -2.15. The van der Waals surface area contributed by atoms with Gasteiger partial charge in [-0.1, -0.05) is 29.8 Å². The number of carbonyl (C=O) groups excluding carboxylic acids is 1. The highest BCUT2D eigenvalue weighted by Gasteiger charge is 2.12. The number of aromatic nitrogens is 1. The van der Waals surface area contributed by atoms with Crippen molar-refractivity contribution in [2.24, 2.45) is 0 Å². The van der Waals surface area contributed by atoms with Gasteiger partial charge in [-0.25, -0.2) is 4.98 Å². The predicted molar refractivity (Wildman–Crippen MR) is 73.4 cm³/mol. The molecule has 1 aromatic carbocycles. The van der Waals surface area contributed by atoms with Gasteiger partial charge in [0.2, 0.25) is 5.91 Å². The van der Waals surface area contributed by atoms with Crippen LogP contribution in [0, 0.1) is 0 Å². The number of aliphatic carboxylic acids is 1. The Bertz CT molecular complexity index is 627. The van der Waals surface area contributed by atoms with Crippen LogP contribution in [0.2, 0.25) is 5.02 Å². The van der Waals surface area contributed by atoms with Crippen LogP contribution in [0.15, 0.2) is 29.6 Å². The molecule has 98 valence electrons. The molecule has 1 aromatic heterocycles. The lowest BCUT2D eigenvalue weighted by molar-refractivity contribution is -0.139. The van der Waals surface area contributed by atoms with E-state index in [1.54, 1.807) is 11.4 Å². The average Bonchev–Trinajstić information content (AvgIpc) is 2.76. The second-order valence-electron chi connectivity index (χ2n) is 3.64. The highest BCUT2D eigenvalue weighted by Crippen LogP contribution is 2.30. The lowest BCUT2D eigenvalue weighted by Gasteiger charge is -2.00. The highest BCUT2D eigenvalue weighted by atomic mass is 35.5. The van der Waals surface area contributed by atoms with Crippen molar-refractivity contribution >= 4 is 39.9 Å². The zero-order valence-electron chi connectivity index (χ0n) is 9.59. The number of hydrogen-bond acceptors (Lipinski definition) is 4. The van der Waals surface area contributed by atoms with Gasteiger partial charge in [0.1, 0.15) is 6.42 Å². The number of halogens is 1. The number of carboxylic acid groups (broad SMARTS) is 1. The molecule has 1 amide bonds. The molecule has 19 heavy (non-hydrogen) atoms. The van der Waals surface area contributed by atoms with Crippen LogP contribution in [-0.2, 0) is 9.59 Å². The molecule has 0 fully saturated rings. The van der Waals surface area contributed by atoms with E-state index in [9.17, 15) is 9.59 Å².